The first-order chi connectivity index (χ1) is 10.6. The zero-order chi connectivity index (χ0) is 16.4. The van der Waals surface area contributed by atoms with Crippen molar-refractivity contribution in [1.82, 2.24) is 4.90 Å². The lowest BCUT2D eigenvalue weighted by Gasteiger charge is -2.16. The second-order valence-electron chi connectivity index (χ2n) is 5.35. The Morgan fingerprint density at radius 2 is 1.83 bits per heavy atom. The molecule has 0 aromatic heterocycles. The Morgan fingerprint density at radius 1 is 1.22 bits per heavy atom. The number of methoxy groups -OCH3 is 1. The summed E-state index contributed by atoms with van der Waals surface area (Å²) in [6, 6.07) is 6.36. The third-order valence-electron chi connectivity index (χ3n) is 3.69. The minimum atomic E-state index is 0. The molecule has 3 N–H and O–H groups in total. The number of nitrogens with zero attached hydrogens (tertiary/aromatic N) is 2. The summed E-state index contributed by atoms with van der Waals surface area (Å²) in [5.74, 6) is 0.482. The Labute approximate surface area is 157 Å². The summed E-state index contributed by atoms with van der Waals surface area (Å²) in [6.07, 6.45) is 1.95. The fraction of sp³-hybridized carbons (Fsp3) is 0.588. The normalized spacial score (nSPS) is 11.4. The number of aliphatic imine (C=N–C) groups is 1. The number of hydrogen-bond acceptors (Lipinski definition) is 3. The first-order valence-electron chi connectivity index (χ1n) is 7.97. The minimum absolute atomic E-state index is 0. The van der Waals surface area contributed by atoms with Gasteiger partial charge in [-0.1, -0.05) is 32.0 Å². The van der Waals surface area contributed by atoms with Gasteiger partial charge in [0.2, 0.25) is 0 Å². The lowest BCUT2D eigenvalue weighted by Crippen LogP contribution is -2.28. The molecule has 1 aromatic rings. The molecule has 0 aliphatic carbocycles. The third-order valence-corrected chi connectivity index (χ3v) is 3.69. The molecule has 0 heterocycles. The van der Waals surface area contributed by atoms with Crippen LogP contribution in [0.25, 0.3) is 0 Å². The minimum Gasteiger partial charge on any atom is -0.383 e. The number of benzene rings is 1. The van der Waals surface area contributed by atoms with Gasteiger partial charge < -0.3 is 20.7 Å². The zero-order valence-electron chi connectivity index (χ0n) is 14.8. The van der Waals surface area contributed by atoms with Crippen molar-refractivity contribution >= 4 is 35.6 Å². The summed E-state index contributed by atoms with van der Waals surface area (Å²) in [4.78, 5) is 6.60. The molecular formula is C17H31IN4O. The monoisotopic (exact) mass is 434 g/mol. The number of nitrogens with two attached hydrogens (primary N) is 1. The molecule has 0 amide bonds. The van der Waals surface area contributed by atoms with E-state index in [0.29, 0.717) is 12.5 Å². The van der Waals surface area contributed by atoms with E-state index in [-0.39, 0.29) is 24.0 Å². The Morgan fingerprint density at radius 3 is 2.35 bits per heavy atom. The first kappa shape index (κ1) is 22.1. The predicted molar refractivity (Wildman–Crippen MR) is 110 cm³/mol. The van der Waals surface area contributed by atoms with Crippen LogP contribution in [0.15, 0.2) is 23.2 Å². The average molecular weight is 434 g/mol. The Balaban J connectivity index is 0.00000484. The highest BCUT2D eigenvalue weighted by Crippen LogP contribution is 2.22. The summed E-state index contributed by atoms with van der Waals surface area (Å²) < 4.78 is 5.06. The van der Waals surface area contributed by atoms with Gasteiger partial charge >= 0.3 is 0 Å². The maximum absolute atomic E-state index is 6.03. The van der Waals surface area contributed by atoms with E-state index in [0.717, 1.165) is 38.2 Å². The molecule has 0 radical (unpaired) electrons. The summed E-state index contributed by atoms with van der Waals surface area (Å²) >= 11 is 0. The van der Waals surface area contributed by atoms with E-state index in [4.69, 9.17) is 10.5 Å². The van der Waals surface area contributed by atoms with Gasteiger partial charge in [-0.25, -0.2) is 0 Å². The second-order valence-corrected chi connectivity index (χ2v) is 5.35. The smallest absolute Gasteiger partial charge is 0.193 e. The van der Waals surface area contributed by atoms with Crippen molar-refractivity contribution in [2.75, 3.05) is 45.7 Å². The summed E-state index contributed by atoms with van der Waals surface area (Å²) in [7, 11) is 3.77. The van der Waals surface area contributed by atoms with Crippen molar-refractivity contribution < 1.29 is 4.74 Å². The number of hydrogen-bond donors (Lipinski definition) is 2. The van der Waals surface area contributed by atoms with Crippen molar-refractivity contribution in [3.63, 3.8) is 0 Å². The van der Waals surface area contributed by atoms with Crippen molar-refractivity contribution in [2.45, 2.75) is 26.7 Å². The molecular weight excluding hydrogens is 403 g/mol. The van der Waals surface area contributed by atoms with Crippen LogP contribution in [0.2, 0.25) is 0 Å². The van der Waals surface area contributed by atoms with Gasteiger partial charge in [0.25, 0.3) is 0 Å². The zero-order valence-corrected chi connectivity index (χ0v) is 17.1. The van der Waals surface area contributed by atoms with Crippen molar-refractivity contribution in [2.24, 2.45) is 10.7 Å². The summed E-state index contributed by atoms with van der Waals surface area (Å²) in [6.45, 7) is 7.47. The van der Waals surface area contributed by atoms with Gasteiger partial charge in [0, 0.05) is 25.9 Å². The third kappa shape index (κ3) is 7.99. The van der Waals surface area contributed by atoms with Crippen molar-refractivity contribution in [3.05, 3.63) is 29.3 Å². The predicted octanol–water partition coefficient (Wildman–Crippen LogP) is 2.73. The lowest BCUT2D eigenvalue weighted by atomic mass is 10.0. The molecule has 0 unspecified atom stereocenters. The van der Waals surface area contributed by atoms with E-state index in [1.165, 1.54) is 11.1 Å². The quantitative estimate of drug-likeness (QED) is 0.357. The van der Waals surface area contributed by atoms with E-state index in [1.54, 1.807) is 7.11 Å². The number of anilines is 1. The molecule has 0 aliphatic heterocycles. The molecule has 0 saturated heterocycles. The fourth-order valence-corrected chi connectivity index (χ4v) is 2.27. The highest BCUT2D eigenvalue weighted by atomic mass is 127. The molecule has 0 atom stereocenters. The molecule has 0 aliphatic rings. The van der Waals surface area contributed by atoms with Gasteiger partial charge in [0.05, 0.1) is 13.2 Å². The number of para-hydroxylation sites is 1. The van der Waals surface area contributed by atoms with Crippen LogP contribution in [0.4, 0.5) is 5.69 Å². The number of likely N-dealkylation sites (N-methyl/N-ethyl adjacent to an activating group) is 1. The number of ether oxygens (including phenoxy) is 1. The van der Waals surface area contributed by atoms with E-state index in [2.05, 4.69) is 54.3 Å². The van der Waals surface area contributed by atoms with Gasteiger partial charge in [-0.2, -0.15) is 0 Å². The maximum atomic E-state index is 6.03. The molecule has 5 nitrogen and oxygen atoms in total. The fourth-order valence-electron chi connectivity index (χ4n) is 2.27. The molecule has 0 saturated carbocycles. The largest absolute Gasteiger partial charge is 0.383 e. The SMILES string of the molecule is CCc1cccc(CC)c1NC(N)=NCCN(C)CCOC.I. The molecule has 0 fully saturated rings. The van der Waals surface area contributed by atoms with Crippen molar-refractivity contribution in [3.8, 4) is 0 Å². The van der Waals surface area contributed by atoms with Crippen LogP contribution in [0.5, 0.6) is 0 Å². The van der Waals surface area contributed by atoms with E-state index in [9.17, 15) is 0 Å². The number of aryl methyl sites for hydroxylation is 2. The van der Waals surface area contributed by atoms with E-state index in [1.807, 2.05) is 0 Å². The molecule has 6 heteroatoms. The van der Waals surface area contributed by atoms with Gasteiger partial charge in [-0.15, -0.1) is 24.0 Å². The molecule has 0 spiro atoms. The highest BCUT2D eigenvalue weighted by molar-refractivity contribution is 14.0. The lowest BCUT2D eigenvalue weighted by molar-refractivity contribution is 0.163. The summed E-state index contributed by atoms with van der Waals surface area (Å²) in [5.41, 5.74) is 9.69. The van der Waals surface area contributed by atoms with Crippen LogP contribution >= 0.6 is 24.0 Å². The Bertz CT molecular complexity index is 457. The van der Waals surface area contributed by atoms with Gasteiger partial charge in [0.15, 0.2) is 5.96 Å². The molecule has 132 valence electrons. The maximum Gasteiger partial charge on any atom is 0.193 e. The first-order valence-corrected chi connectivity index (χ1v) is 7.97. The van der Waals surface area contributed by atoms with Crippen LogP contribution in [-0.4, -0.2) is 51.3 Å². The number of rotatable bonds is 9. The Kier molecular flexibility index (Phi) is 12.1. The highest BCUT2D eigenvalue weighted by Gasteiger charge is 2.07. The van der Waals surface area contributed by atoms with Gasteiger partial charge in [-0.05, 0) is 31.0 Å². The molecule has 23 heavy (non-hydrogen) atoms. The second kappa shape index (κ2) is 12.5. The van der Waals surface area contributed by atoms with Crippen LogP contribution in [0, 0.1) is 0 Å². The summed E-state index contributed by atoms with van der Waals surface area (Å²) in [5, 5.41) is 3.28. The van der Waals surface area contributed by atoms with Crippen LogP contribution in [0.3, 0.4) is 0 Å². The molecule has 0 bridgehead atoms. The van der Waals surface area contributed by atoms with Gasteiger partial charge in [-0.3, -0.25) is 4.99 Å². The standard InChI is InChI=1S/C17H30N4O.HI/c1-5-14-8-7-9-15(6-2)16(14)20-17(18)19-10-11-21(3)12-13-22-4;/h7-9H,5-6,10-13H2,1-4H3,(H3,18,19,20);1H. The number of halogens is 1. The topological polar surface area (TPSA) is 62.9 Å². The number of guanidine groups is 1. The van der Waals surface area contributed by atoms with E-state index >= 15 is 0 Å². The molecule has 1 rings (SSSR count). The van der Waals surface area contributed by atoms with Crippen LogP contribution in [-0.2, 0) is 17.6 Å². The van der Waals surface area contributed by atoms with Gasteiger partial charge in [0.1, 0.15) is 0 Å². The van der Waals surface area contributed by atoms with Crippen LogP contribution < -0.4 is 11.1 Å². The van der Waals surface area contributed by atoms with Crippen molar-refractivity contribution in [1.29, 1.82) is 0 Å². The van der Waals surface area contributed by atoms with E-state index < -0.39 is 0 Å². The Hall–Kier alpha value is -0.860. The molecule has 1 aromatic carbocycles. The average Bonchev–Trinajstić information content (AvgIpc) is 2.53. The number of nitrogens with one attached hydrogen (secondary N) is 1. The van der Waals surface area contributed by atoms with Crippen LogP contribution in [0.1, 0.15) is 25.0 Å².